The van der Waals surface area contributed by atoms with E-state index in [0.29, 0.717) is 11.1 Å². The summed E-state index contributed by atoms with van der Waals surface area (Å²) in [6.45, 7) is 4.71. The molecule has 61 heavy (non-hydrogen) atoms. The van der Waals surface area contributed by atoms with Gasteiger partial charge in [-0.2, -0.15) is 10.5 Å². The smallest absolute Gasteiger partial charge is 0.0991 e. The molecule has 2 aromatic heterocycles. The van der Waals surface area contributed by atoms with E-state index in [-0.39, 0.29) is 5.41 Å². The van der Waals surface area contributed by atoms with Crippen LogP contribution in [0, 0.1) is 22.7 Å². The van der Waals surface area contributed by atoms with E-state index in [2.05, 4.69) is 205 Å². The Labute approximate surface area is 355 Å². The molecule has 0 saturated heterocycles. The van der Waals surface area contributed by atoms with Crippen molar-refractivity contribution in [2.75, 3.05) is 0 Å². The third kappa shape index (κ3) is 5.58. The molecule has 0 spiro atoms. The second kappa shape index (κ2) is 14.0. The molecule has 0 aliphatic heterocycles. The molecule has 0 radical (unpaired) electrons. The van der Waals surface area contributed by atoms with Crippen molar-refractivity contribution in [1.82, 2.24) is 9.13 Å². The summed E-state index contributed by atoms with van der Waals surface area (Å²) in [5.74, 6) is 0. The van der Waals surface area contributed by atoms with Crippen LogP contribution in [0.1, 0.15) is 36.1 Å². The number of rotatable bonds is 6. The van der Waals surface area contributed by atoms with Crippen LogP contribution in [0.5, 0.6) is 0 Å². The zero-order chi connectivity index (χ0) is 41.2. The summed E-state index contributed by atoms with van der Waals surface area (Å²) in [5, 5.41) is 21.8. The third-order valence-corrected chi connectivity index (χ3v) is 12.6. The summed E-state index contributed by atoms with van der Waals surface area (Å²) in [5.41, 5.74) is 19.2. The standard InChI is InChI=1S/C57H38N4/c1-57(2)49-33-51-47(53(39-15-7-3-8-16-39)55(41-19-11-5-12-20-41)60(51)43-27-23-37(35-58)24-28-43)31-45(49)46-32-48-52(34-50(46)57)61(44-29-25-38(36-59)26-30-44)56(42-21-13-6-14-22-42)54(48)40-17-9-4-10-18-40/h3-34H,1-2H3. The van der Waals surface area contributed by atoms with Crippen LogP contribution in [0.3, 0.4) is 0 Å². The first-order chi connectivity index (χ1) is 29.9. The zero-order valence-electron chi connectivity index (χ0n) is 33.8. The van der Waals surface area contributed by atoms with Crippen molar-refractivity contribution in [3.05, 3.63) is 216 Å². The molecule has 0 amide bonds. The van der Waals surface area contributed by atoms with E-state index >= 15 is 0 Å². The highest BCUT2D eigenvalue weighted by Crippen LogP contribution is 2.55. The van der Waals surface area contributed by atoms with Gasteiger partial charge in [0.05, 0.1) is 45.7 Å². The van der Waals surface area contributed by atoms with E-state index in [1.165, 1.54) is 44.2 Å². The molecule has 0 N–H and O–H groups in total. The monoisotopic (exact) mass is 778 g/mol. The van der Waals surface area contributed by atoms with Gasteiger partial charge in [-0.3, -0.25) is 0 Å². The number of benzene rings is 8. The molecule has 8 aromatic carbocycles. The highest BCUT2D eigenvalue weighted by molar-refractivity contribution is 6.11. The lowest BCUT2D eigenvalue weighted by molar-refractivity contribution is 0.661. The maximum absolute atomic E-state index is 9.75. The predicted molar refractivity (Wildman–Crippen MR) is 249 cm³/mol. The van der Waals surface area contributed by atoms with Gasteiger partial charge < -0.3 is 9.13 Å². The molecule has 11 rings (SSSR count). The summed E-state index contributed by atoms with van der Waals surface area (Å²) in [7, 11) is 0. The van der Waals surface area contributed by atoms with Crippen molar-refractivity contribution in [1.29, 1.82) is 10.5 Å². The fourth-order valence-corrected chi connectivity index (χ4v) is 9.73. The Bertz CT molecular complexity index is 3170. The average Bonchev–Trinajstić information content (AvgIpc) is 3.91. The third-order valence-electron chi connectivity index (χ3n) is 12.6. The Balaban J connectivity index is 1.26. The lowest BCUT2D eigenvalue weighted by Crippen LogP contribution is -2.15. The molecule has 4 heteroatoms. The largest absolute Gasteiger partial charge is 0.309 e. The molecular weight excluding hydrogens is 741 g/mol. The first-order valence-electron chi connectivity index (χ1n) is 20.6. The second-order valence-corrected chi connectivity index (χ2v) is 16.4. The Hall–Kier alpha value is -8.18. The number of aromatic nitrogens is 2. The number of nitrogens with zero attached hydrogens (tertiary/aromatic N) is 4. The van der Waals surface area contributed by atoms with Gasteiger partial charge in [-0.05, 0) is 117 Å². The van der Waals surface area contributed by atoms with Gasteiger partial charge in [0.25, 0.3) is 0 Å². The minimum absolute atomic E-state index is 0.355. The van der Waals surface area contributed by atoms with Crippen molar-refractivity contribution < 1.29 is 0 Å². The van der Waals surface area contributed by atoms with Crippen molar-refractivity contribution >= 4 is 21.8 Å². The first kappa shape index (κ1) is 35.9. The summed E-state index contributed by atoms with van der Waals surface area (Å²) in [6.07, 6.45) is 0. The maximum atomic E-state index is 9.75. The van der Waals surface area contributed by atoms with E-state index in [1.54, 1.807) is 0 Å². The number of nitriles is 2. The van der Waals surface area contributed by atoms with Crippen LogP contribution in [0.2, 0.25) is 0 Å². The second-order valence-electron chi connectivity index (χ2n) is 16.4. The van der Waals surface area contributed by atoms with Crippen LogP contribution in [-0.2, 0) is 5.41 Å². The molecule has 4 nitrogen and oxygen atoms in total. The number of hydrogen-bond donors (Lipinski definition) is 0. The Morgan fingerprint density at radius 3 is 1.05 bits per heavy atom. The molecule has 286 valence electrons. The van der Waals surface area contributed by atoms with Gasteiger partial charge in [0.2, 0.25) is 0 Å². The maximum Gasteiger partial charge on any atom is 0.0991 e. The van der Waals surface area contributed by atoms with Crippen LogP contribution < -0.4 is 0 Å². The van der Waals surface area contributed by atoms with Gasteiger partial charge in [0.1, 0.15) is 0 Å². The van der Waals surface area contributed by atoms with Gasteiger partial charge >= 0.3 is 0 Å². The molecule has 0 unspecified atom stereocenters. The zero-order valence-corrected chi connectivity index (χ0v) is 33.8. The summed E-state index contributed by atoms with van der Waals surface area (Å²) >= 11 is 0. The van der Waals surface area contributed by atoms with Crippen LogP contribution in [-0.4, -0.2) is 9.13 Å². The van der Waals surface area contributed by atoms with E-state index in [9.17, 15) is 10.5 Å². The van der Waals surface area contributed by atoms with Gasteiger partial charge in [0, 0.05) is 38.7 Å². The Morgan fingerprint density at radius 2 is 0.721 bits per heavy atom. The molecule has 0 atom stereocenters. The highest BCUT2D eigenvalue weighted by atomic mass is 15.0. The number of fused-ring (bicyclic) bond motifs is 5. The fourth-order valence-electron chi connectivity index (χ4n) is 9.73. The summed E-state index contributed by atoms with van der Waals surface area (Å²) in [6, 6.07) is 73.0. The molecule has 1 aliphatic carbocycles. The quantitative estimate of drug-likeness (QED) is 0.169. The van der Waals surface area contributed by atoms with Crippen LogP contribution in [0.15, 0.2) is 194 Å². The summed E-state index contributed by atoms with van der Waals surface area (Å²) in [4.78, 5) is 0. The average molecular weight is 779 g/mol. The van der Waals surface area contributed by atoms with E-state index < -0.39 is 0 Å². The molecule has 1 aliphatic rings. The number of hydrogen-bond acceptors (Lipinski definition) is 2. The lowest BCUT2D eigenvalue weighted by atomic mass is 9.82. The van der Waals surface area contributed by atoms with Gasteiger partial charge in [-0.15, -0.1) is 0 Å². The normalized spacial score (nSPS) is 12.5. The van der Waals surface area contributed by atoms with Crippen molar-refractivity contribution in [3.63, 3.8) is 0 Å². The highest BCUT2D eigenvalue weighted by Gasteiger charge is 2.39. The van der Waals surface area contributed by atoms with Gasteiger partial charge in [-0.1, -0.05) is 135 Å². The lowest BCUT2D eigenvalue weighted by Gasteiger charge is -2.22. The first-order valence-corrected chi connectivity index (χ1v) is 20.6. The predicted octanol–water partition coefficient (Wildman–Crippen LogP) is 14.3. The van der Waals surface area contributed by atoms with Gasteiger partial charge in [0.15, 0.2) is 0 Å². The SMILES string of the molecule is CC1(C)c2cc3c(cc2-c2cc4c(-c5ccccc5)c(-c5ccccc5)n(-c5ccc(C#N)cc5)c4cc21)c(-c1ccccc1)c(-c1ccccc1)n3-c1ccc(C#N)cc1. The molecule has 2 heterocycles. The molecule has 0 saturated carbocycles. The van der Waals surface area contributed by atoms with Crippen molar-refractivity contribution in [2.45, 2.75) is 19.3 Å². The van der Waals surface area contributed by atoms with E-state index in [4.69, 9.17) is 0 Å². The molecule has 10 aromatic rings. The Kier molecular flexibility index (Phi) is 8.24. The molecule has 0 fully saturated rings. The fraction of sp³-hybridized carbons (Fsp3) is 0.0526. The van der Waals surface area contributed by atoms with E-state index in [1.807, 2.05) is 24.3 Å². The van der Waals surface area contributed by atoms with Crippen LogP contribution in [0.25, 0.3) is 89.1 Å². The minimum Gasteiger partial charge on any atom is -0.309 e. The van der Waals surface area contributed by atoms with Crippen molar-refractivity contribution in [2.24, 2.45) is 0 Å². The van der Waals surface area contributed by atoms with Crippen LogP contribution >= 0.6 is 0 Å². The topological polar surface area (TPSA) is 57.4 Å². The summed E-state index contributed by atoms with van der Waals surface area (Å²) < 4.78 is 4.78. The van der Waals surface area contributed by atoms with Crippen LogP contribution in [0.4, 0.5) is 0 Å². The van der Waals surface area contributed by atoms with E-state index in [0.717, 1.165) is 56.0 Å². The molecular formula is C57H38N4. The van der Waals surface area contributed by atoms with Gasteiger partial charge in [-0.25, -0.2) is 0 Å². The van der Waals surface area contributed by atoms with Crippen molar-refractivity contribution in [3.8, 4) is 79.4 Å². The Morgan fingerprint density at radius 1 is 0.393 bits per heavy atom. The minimum atomic E-state index is -0.355. The molecule has 0 bridgehead atoms.